The molecule has 25 heavy (non-hydrogen) atoms. The lowest BCUT2D eigenvalue weighted by Gasteiger charge is -2.13. The highest BCUT2D eigenvalue weighted by atomic mass is 32.2. The second-order valence-corrected chi connectivity index (χ2v) is 7.36. The van der Waals surface area contributed by atoms with Gasteiger partial charge in [-0.25, -0.2) is 17.1 Å². The lowest BCUT2D eigenvalue weighted by molar-refractivity contribution is 0.0844. The molecule has 0 bridgehead atoms. The minimum Gasteiger partial charge on any atom is -0.267 e. The lowest BCUT2D eigenvalue weighted by Crippen LogP contribution is -2.42. The number of nitrogens with one attached hydrogen (secondary N) is 2. The largest absolute Gasteiger partial charge is 0.272 e. The molecule has 0 saturated heterocycles. The van der Waals surface area contributed by atoms with E-state index in [1.807, 2.05) is 0 Å². The van der Waals surface area contributed by atoms with Crippen molar-refractivity contribution in [2.45, 2.75) is 4.90 Å². The Hall–Kier alpha value is -2.78. The van der Waals surface area contributed by atoms with E-state index in [2.05, 4.69) is 10.9 Å². The number of halogens is 1. The lowest BCUT2D eigenvalue weighted by atomic mass is 10.2. The fraction of sp³-hybridized carbons (Fsp3) is 0.125. The van der Waals surface area contributed by atoms with E-state index in [0.717, 1.165) is 22.5 Å². The molecule has 7 nitrogen and oxygen atoms in total. The van der Waals surface area contributed by atoms with Crippen molar-refractivity contribution in [1.29, 1.82) is 0 Å². The number of hydrogen-bond donors (Lipinski definition) is 2. The molecular weight excluding hydrogens is 349 g/mol. The maximum atomic E-state index is 13.9. The smallest absolute Gasteiger partial charge is 0.267 e. The summed E-state index contributed by atoms with van der Waals surface area (Å²) >= 11 is 0. The van der Waals surface area contributed by atoms with E-state index >= 15 is 0 Å². The van der Waals surface area contributed by atoms with Crippen molar-refractivity contribution in [1.82, 2.24) is 15.2 Å². The minimum absolute atomic E-state index is 0.238. The molecule has 2 aromatic rings. The molecule has 2 N–H and O–H groups in total. The third kappa shape index (κ3) is 4.20. The molecule has 0 spiro atoms. The summed E-state index contributed by atoms with van der Waals surface area (Å²) in [5, 5.41) is 0. The molecule has 0 saturated carbocycles. The molecule has 0 unspecified atom stereocenters. The Labute approximate surface area is 144 Å². The fourth-order valence-electron chi connectivity index (χ4n) is 1.89. The van der Waals surface area contributed by atoms with Gasteiger partial charge in [-0.1, -0.05) is 18.2 Å². The van der Waals surface area contributed by atoms with Gasteiger partial charge in [0.1, 0.15) is 5.82 Å². The van der Waals surface area contributed by atoms with Crippen LogP contribution in [0, 0.1) is 5.82 Å². The molecule has 0 aromatic heterocycles. The first-order valence-corrected chi connectivity index (χ1v) is 8.55. The van der Waals surface area contributed by atoms with Crippen LogP contribution in [0.4, 0.5) is 4.39 Å². The van der Waals surface area contributed by atoms with Gasteiger partial charge in [-0.3, -0.25) is 20.4 Å². The zero-order valence-corrected chi connectivity index (χ0v) is 14.3. The summed E-state index contributed by atoms with van der Waals surface area (Å²) in [6.45, 7) is 0. The van der Waals surface area contributed by atoms with Gasteiger partial charge < -0.3 is 0 Å². The van der Waals surface area contributed by atoms with Crippen LogP contribution in [0.3, 0.4) is 0 Å². The second-order valence-electron chi connectivity index (χ2n) is 5.20. The van der Waals surface area contributed by atoms with Crippen LogP contribution in [-0.4, -0.2) is 38.6 Å². The predicted molar refractivity (Wildman–Crippen MR) is 88.6 cm³/mol. The van der Waals surface area contributed by atoms with Gasteiger partial charge in [-0.05, 0) is 30.3 Å². The van der Waals surface area contributed by atoms with E-state index in [1.165, 1.54) is 26.2 Å². The monoisotopic (exact) mass is 365 g/mol. The maximum absolute atomic E-state index is 13.9. The Kier molecular flexibility index (Phi) is 5.50. The molecule has 0 aliphatic heterocycles. The average Bonchev–Trinajstić information content (AvgIpc) is 2.60. The third-order valence-electron chi connectivity index (χ3n) is 3.29. The van der Waals surface area contributed by atoms with Gasteiger partial charge in [0.15, 0.2) is 0 Å². The Bertz CT molecular complexity index is 899. The number of nitrogens with zero attached hydrogens (tertiary/aromatic N) is 1. The molecule has 0 radical (unpaired) electrons. The van der Waals surface area contributed by atoms with Gasteiger partial charge in [0.25, 0.3) is 11.8 Å². The number of benzene rings is 2. The van der Waals surface area contributed by atoms with Crippen molar-refractivity contribution in [2.75, 3.05) is 14.1 Å². The SMILES string of the molecule is CN(C)S(=O)(=O)c1ccc(F)c(C(=O)NNC(=O)c2ccccc2)c1. The average molecular weight is 365 g/mol. The molecule has 0 aliphatic carbocycles. The number of amides is 2. The van der Waals surface area contributed by atoms with Crippen LogP contribution in [-0.2, 0) is 10.0 Å². The van der Waals surface area contributed by atoms with Crippen molar-refractivity contribution in [3.05, 3.63) is 65.5 Å². The first kappa shape index (κ1) is 18.6. The molecule has 0 fully saturated rings. The van der Waals surface area contributed by atoms with E-state index in [-0.39, 0.29) is 4.90 Å². The van der Waals surface area contributed by atoms with Crippen LogP contribution >= 0.6 is 0 Å². The Balaban J connectivity index is 2.18. The Morgan fingerprint density at radius 3 is 2.16 bits per heavy atom. The fourth-order valence-corrected chi connectivity index (χ4v) is 2.82. The van der Waals surface area contributed by atoms with E-state index in [4.69, 9.17) is 0 Å². The van der Waals surface area contributed by atoms with E-state index in [1.54, 1.807) is 18.2 Å². The summed E-state index contributed by atoms with van der Waals surface area (Å²) < 4.78 is 39.0. The van der Waals surface area contributed by atoms with Crippen LogP contribution in [0.2, 0.25) is 0 Å². The molecule has 0 heterocycles. The highest BCUT2D eigenvalue weighted by molar-refractivity contribution is 7.89. The van der Waals surface area contributed by atoms with Gasteiger partial charge >= 0.3 is 0 Å². The van der Waals surface area contributed by atoms with Crippen molar-refractivity contribution in [3.63, 3.8) is 0 Å². The molecule has 2 amide bonds. The summed E-state index contributed by atoms with van der Waals surface area (Å²) in [5.74, 6) is -2.48. The van der Waals surface area contributed by atoms with Crippen molar-refractivity contribution in [3.8, 4) is 0 Å². The van der Waals surface area contributed by atoms with Crippen molar-refractivity contribution < 1.29 is 22.4 Å². The number of carbonyl (C=O) groups is 2. The van der Waals surface area contributed by atoms with Gasteiger partial charge in [0.2, 0.25) is 10.0 Å². The van der Waals surface area contributed by atoms with Crippen LogP contribution < -0.4 is 10.9 Å². The zero-order valence-electron chi connectivity index (χ0n) is 13.5. The van der Waals surface area contributed by atoms with Crippen LogP contribution in [0.1, 0.15) is 20.7 Å². The van der Waals surface area contributed by atoms with Gasteiger partial charge in [-0.15, -0.1) is 0 Å². The summed E-state index contributed by atoms with van der Waals surface area (Å²) in [4.78, 5) is 23.7. The predicted octanol–water partition coefficient (Wildman–Crippen LogP) is 1.15. The number of sulfonamides is 1. The molecule has 2 rings (SSSR count). The van der Waals surface area contributed by atoms with E-state index < -0.39 is 33.2 Å². The summed E-state index contributed by atoms with van der Waals surface area (Å²) in [6, 6.07) is 10.9. The standard InChI is InChI=1S/C16H16FN3O4S/c1-20(2)25(23,24)12-8-9-14(17)13(10-12)16(22)19-18-15(21)11-6-4-3-5-7-11/h3-10H,1-2H3,(H,18,21)(H,19,22). The molecule has 132 valence electrons. The zero-order chi connectivity index (χ0) is 18.6. The summed E-state index contributed by atoms with van der Waals surface area (Å²) in [5.41, 5.74) is 3.99. The summed E-state index contributed by atoms with van der Waals surface area (Å²) in [6.07, 6.45) is 0. The molecule has 0 aliphatic rings. The van der Waals surface area contributed by atoms with Gasteiger partial charge in [-0.2, -0.15) is 0 Å². The quantitative estimate of drug-likeness (QED) is 0.795. The first-order chi connectivity index (χ1) is 11.7. The van der Waals surface area contributed by atoms with Gasteiger partial charge in [0.05, 0.1) is 10.5 Å². The highest BCUT2D eigenvalue weighted by Gasteiger charge is 2.21. The van der Waals surface area contributed by atoms with Crippen molar-refractivity contribution in [2.24, 2.45) is 0 Å². The normalized spacial score (nSPS) is 11.2. The van der Waals surface area contributed by atoms with Crippen LogP contribution in [0.25, 0.3) is 0 Å². The first-order valence-electron chi connectivity index (χ1n) is 7.11. The summed E-state index contributed by atoms with van der Waals surface area (Å²) in [7, 11) is -1.19. The Morgan fingerprint density at radius 1 is 0.960 bits per heavy atom. The number of hydrazine groups is 1. The second kappa shape index (κ2) is 7.41. The number of carbonyl (C=O) groups excluding carboxylic acids is 2. The maximum Gasteiger partial charge on any atom is 0.272 e. The van der Waals surface area contributed by atoms with Crippen LogP contribution in [0.15, 0.2) is 53.4 Å². The van der Waals surface area contributed by atoms with E-state index in [9.17, 15) is 22.4 Å². The molecular formula is C16H16FN3O4S. The molecule has 2 aromatic carbocycles. The molecule has 9 heteroatoms. The molecule has 0 atom stereocenters. The number of hydrogen-bond acceptors (Lipinski definition) is 4. The van der Waals surface area contributed by atoms with E-state index in [0.29, 0.717) is 5.56 Å². The highest BCUT2D eigenvalue weighted by Crippen LogP contribution is 2.17. The number of rotatable bonds is 4. The van der Waals surface area contributed by atoms with Gasteiger partial charge in [0, 0.05) is 19.7 Å². The topological polar surface area (TPSA) is 95.6 Å². The van der Waals surface area contributed by atoms with Crippen molar-refractivity contribution >= 4 is 21.8 Å². The Morgan fingerprint density at radius 2 is 1.56 bits per heavy atom. The minimum atomic E-state index is -3.82. The third-order valence-corrected chi connectivity index (χ3v) is 5.10. The van der Waals surface area contributed by atoms with Crippen LogP contribution in [0.5, 0.6) is 0 Å².